The zero-order chi connectivity index (χ0) is 8.69. The van der Waals surface area contributed by atoms with Gasteiger partial charge < -0.3 is 10.6 Å². The van der Waals surface area contributed by atoms with E-state index in [0.29, 0.717) is 12.1 Å². The molecule has 0 aliphatic heterocycles. The van der Waals surface area contributed by atoms with Crippen molar-refractivity contribution >= 4 is 0 Å². The summed E-state index contributed by atoms with van der Waals surface area (Å²) in [5.74, 6) is 0. The molecule has 0 heterocycles. The lowest BCUT2D eigenvalue weighted by Gasteiger charge is -2.18. The van der Waals surface area contributed by atoms with Crippen molar-refractivity contribution in [2.45, 2.75) is 46.2 Å². The molecule has 0 aromatic heterocycles. The summed E-state index contributed by atoms with van der Waals surface area (Å²) in [6.45, 7) is 10.9. The molecule has 0 aromatic carbocycles. The Labute approximate surface area is 70.8 Å². The van der Waals surface area contributed by atoms with Crippen LogP contribution >= 0.6 is 0 Å². The SMILES string of the molecule is CCNC(C)CC(C)NCC. The molecule has 0 bridgehead atoms. The molecule has 0 aliphatic rings. The molecule has 2 unspecified atom stereocenters. The van der Waals surface area contributed by atoms with Crippen LogP contribution in [0.4, 0.5) is 0 Å². The van der Waals surface area contributed by atoms with E-state index < -0.39 is 0 Å². The van der Waals surface area contributed by atoms with Gasteiger partial charge in [-0.3, -0.25) is 0 Å². The minimum atomic E-state index is 0.633. The quantitative estimate of drug-likeness (QED) is 0.610. The van der Waals surface area contributed by atoms with Crippen LogP contribution in [0.3, 0.4) is 0 Å². The fourth-order valence-electron chi connectivity index (χ4n) is 1.39. The Bertz CT molecular complexity index is 73.6. The molecular formula is C9H22N2. The molecule has 11 heavy (non-hydrogen) atoms. The van der Waals surface area contributed by atoms with Crippen molar-refractivity contribution in [2.75, 3.05) is 13.1 Å². The van der Waals surface area contributed by atoms with Crippen LogP contribution < -0.4 is 10.6 Å². The number of nitrogens with one attached hydrogen (secondary N) is 2. The van der Waals surface area contributed by atoms with Gasteiger partial charge in [-0.25, -0.2) is 0 Å². The molecule has 0 radical (unpaired) electrons. The normalized spacial score (nSPS) is 16.4. The van der Waals surface area contributed by atoms with Crippen LogP contribution in [0.2, 0.25) is 0 Å². The number of hydrogen-bond acceptors (Lipinski definition) is 2. The smallest absolute Gasteiger partial charge is 0.00533 e. The predicted octanol–water partition coefficient (Wildman–Crippen LogP) is 1.37. The summed E-state index contributed by atoms with van der Waals surface area (Å²) >= 11 is 0. The lowest BCUT2D eigenvalue weighted by atomic mass is 10.1. The van der Waals surface area contributed by atoms with Gasteiger partial charge in [-0.05, 0) is 33.4 Å². The van der Waals surface area contributed by atoms with Gasteiger partial charge in [0.1, 0.15) is 0 Å². The summed E-state index contributed by atoms with van der Waals surface area (Å²) in [4.78, 5) is 0. The molecule has 0 aliphatic carbocycles. The first-order valence-electron chi connectivity index (χ1n) is 4.67. The molecule has 2 heteroatoms. The maximum absolute atomic E-state index is 3.39. The van der Waals surface area contributed by atoms with Crippen molar-refractivity contribution in [3.05, 3.63) is 0 Å². The minimum absolute atomic E-state index is 0.633. The van der Waals surface area contributed by atoms with E-state index in [4.69, 9.17) is 0 Å². The molecule has 2 N–H and O–H groups in total. The molecule has 2 nitrogen and oxygen atoms in total. The number of rotatable bonds is 6. The summed E-state index contributed by atoms with van der Waals surface area (Å²) in [7, 11) is 0. The third-order valence-electron chi connectivity index (χ3n) is 1.81. The maximum atomic E-state index is 3.39. The van der Waals surface area contributed by atoms with E-state index in [1.165, 1.54) is 6.42 Å². The zero-order valence-corrected chi connectivity index (χ0v) is 8.28. The summed E-state index contributed by atoms with van der Waals surface area (Å²) < 4.78 is 0. The fourth-order valence-corrected chi connectivity index (χ4v) is 1.39. The summed E-state index contributed by atoms with van der Waals surface area (Å²) in [6, 6.07) is 1.27. The molecule has 0 saturated heterocycles. The summed E-state index contributed by atoms with van der Waals surface area (Å²) in [5.41, 5.74) is 0. The molecule has 0 saturated carbocycles. The zero-order valence-electron chi connectivity index (χ0n) is 8.28. The predicted molar refractivity (Wildman–Crippen MR) is 50.9 cm³/mol. The van der Waals surface area contributed by atoms with Gasteiger partial charge in [0.15, 0.2) is 0 Å². The average molecular weight is 158 g/mol. The van der Waals surface area contributed by atoms with Gasteiger partial charge in [-0.1, -0.05) is 13.8 Å². The van der Waals surface area contributed by atoms with Crippen molar-refractivity contribution in [2.24, 2.45) is 0 Å². The molecule has 0 amide bonds. The van der Waals surface area contributed by atoms with Crippen LogP contribution in [-0.2, 0) is 0 Å². The molecule has 68 valence electrons. The second-order valence-electron chi connectivity index (χ2n) is 3.15. The highest BCUT2D eigenvalue weighted by molar-refractivity contribution is 4.67. The van der Waals surface area contributed by atoms with Gasteiger partial charge in [0, 0.05) is 12.1 Å². The van der Waals surface area contributed by atoms with Gasteiger partial charge in [-0.2, -0.15) is 0 Å². The largest absolute Gasteiger partial charge is 0.314 e. The standard InChI is InChI=1S/C9H22N2/c1-5-10-8(3)7-9(4)11-6-2/h8-11H,5-7H2,1-4H3. The minimum Gasteiger partial charge on any atom is -0.314 e. The van der Waals surface area contributed by atoms with E-state index in [2.05, 4.69) is 38.3 Å². The molecule has 2 atom stereocenters. The lowest BCUT2D eigenvalue weighted by molar-refractivity contribution is 0.439. The van der Waals surface area contributed by atoms with Crippen molar-refractivity contribution in [3.8, 4) is 0 Å². The second-order valence-corrected chi connectivity index (χ2v) is 3.15. The van der Waals surface area contributed by atoms with Crippen molar-refractivity contribution in [1.82, 2.24) is 10.6 Å². The van der Waals surface area contributed by atoms with E-state index in [1.807, 2.05) is 0 Å². The summed E-state index contributed by atoms with van der Waals surface area (Å²) in [6.07, 6.45) is 1.21. The number of hydrogen-bond donors (Lipinski definition) is 2. The van der Waals surface area contributed by atoms with Gasteiger partial charge in [0.25, 0.3) is 0 Å². The molecular weight excluding hydrogens is 136 g/mol. The van der Waals surface area contributed by atoms with Crippen LogP contribution in [0.5, 0.6) is 0 Å². The van der Waals surface area contributed by atoms with Crippen molar-refractivity contribution < 1.29 is 0 Å². The van der Waals surface area contributed by atoms with Crippen LogP contribution in [-0.4, -0.2) is 25.2 Å². The van der Waals surface area contributed by atoms with E-state index in [0.717, 1.165) is 13.1 Å². The fraction of sp³-hybridized carbons (Fsp3) is 1.00. The Morgan fingerprint density at radius 2 is 1.27 bits per heavy atom. The molecule has 0 fully saturated rings. The van der Waals surface area contributed by atoms with E-state index in [-0.39, 0.29) is 0 Å². The molecule has 0 rings (SSSR count). The third-order valence-corrected chi connectivity index (χ3v) is 1.81. The Morgan fingerprint density at radius 3 is 1.55 bits per heavy atom. The molecule has 0 aromatic rings. The Hall–Kier alpha value is -0.0800. The highest BCUT2D eigenvalue weighted by Crippen LogP contribution is 1.95. The summed E-state index contributed by atoms with van der Waals surface area (Å²) in [5, 5.41) is 6.79. The van der Waals surface area contributed by atoms with E-state index >= 15 is 0 Å². The topological polar surface area (TPSA) is 24.1 Å². The van der Waals surface area contributed by atoms with Gasteiger partial charge >= 0.3 is 0 Å². The second kappa shape index (κ2) is 6.62. The van der Waals surface area contributed by atoms with Crippen LogP contribution in [0.15, 0.2) is 0 Å². The first-order chi connectivity index (χ1) is 5.20. The van der Waals surface area contributed by atoms with Crippen LogP contribution in [0.25, 0.3) is 0 Å². The Balaban J connectivity index is 3.32. The van der Waals surface area contributed by atoms with Gasteiger partial charge in [0.05, 0.1) is 0 Å². The van der Waals surface area contributed by atoms with Gasteiger partial charge in [0.2, 0.25) is 0 Å². The Kier molecular flexibility index (Phi) is 6.57. The monoisotopic (exact) mass is 158 g/mol. The van der Waals surface area contributed by atoms with Crippen LogP contribution in [0, 0.1) is 0 Å². The van der Waals surface area contributed by atoms with Crippen molar-refractivity contribution in [1.29, 1.82) is 0 Å². The van der Waals surface area contributed by atoms with E-state index in [9.17, 15) is 0 Å². The third kappa shape index (κ3) is 6.32. The van der Waals surface area contributed by atoms with Crippen molar-refractivity contribution in [3.63, 3.8) is 0 Å². The highest BCUT2D eigenvalue weighted by atomic mass is 14.9. The Morgan fingerprint density at radius 1 is 0.909 bits per heavy atom. The first-order valence-corrected chi connectivity index (χ1v) is 4.67. The average Bonchev–Trinajstić information content (AvgIpc) is 1.87. The van der Waals surface area contributed by atoms with Crippen LogP contribution in [0.1, 0.15) is 34.1 Å². The highest BCUT2D eigenvalue weighted by Gasteiger charge is 2.04. The van der Waals surface area contributed by atoms with E-state index in [1.54, 1.807) is 0 Å². The maximum Gasteiger partial charge on any atom is 0.00533 e. The molecule has 0 spiro atoms. The lowest BCUT2D eigenvalue weighted by Crippen LogP contribution is -2.35. The first kappa shape index (κ1) is 10.9. The van der Waals surface area contributed by atoms with Gasteiger partial charge in [-0.15, -0.1) is 0 Å².